The number of nitrogens with zero attached hydrogens (tertiary/aromatic N) is 1. The number of para-hydroxylation sites is 2. The van der Waals surface area contributed by atoms with Crippen molar-refractivity contribution in [3.63, 3.8) is 0 Å². The van der Waals surface area contributed by atoms with Crippen molar-refractivity contribution in [2.24, 2.45) is 0 Å². The van der Waals surface area contributed by atoms with E-state index < -0.39 is 0 Å². The summed E-state index contributed by atoms with van der Waals surface area (Å²) in [6.07, 6.45) is 1.66. The molecule has 2 amide bonds. The van der Waals surface area contributed by atoms with Gasteiger partial charge in [0.05, 0.1) is 19.4 Å². The number of urea groups is 1. The van der Waals surface area contributed by atoms with Crippen LogP contribution < -0.4 is 20.1 Å². The van der Waals surface area contributed by atoms with Crippen LogP contribution in [-0.2, 0) is 6.54 Å². The van der Waals surface area contributed by atoms with Gasteiger partial charge in [0, 0.05) is 18.3 Å². The smallest absolute Gasteiger partial charge is 0.319 e. The molecule has 1 aromatic carbocycles. The Morgan fingerprint density at radius 3 is 2.82 bits per heavy atom. The molecule has 2 N–H and O–H groups in total. The number of amides is 2. The van der Waals surface area contributed by atoms with Crippen molar-refractivity contribution >= 4 is 11.7 Å². The first kappa shape index (κ1) is 15.6. The van der Waals surface area contributed by atoms with E-state index in [1.54, 1.807) is 31.5 Å². The van der Waals surface area contributed by atoms with Crippen LogP contribution in [0.15, 0.2) is 42.6 Å². The number of rotatable bonds is 6. The summed E-state index contributed by atoms with van der Waals surface area (Å²) < 4.78 is 10.6. The van der Waals surface area contributed by atoms with Crippen LogP contribution in [0.1, 0.15) is 12.5 Å². The molecule has 0 aliphatic rings. The minimum absolute atomic E-state index is 0.323. The normalized spacial score (nSPS) is 9.91. The number of hydrogen-bond acceptors (Lipinski definition) is 4. The molecule has 116 valence electrons. The van der Waals surface area contributed by atoms with Gasteiger partial charge in [-0.2, -0.15) is 0 Å². The Labute approximate surface area is 129 Å². The molecule has 0 unspecified atom stereocenters. The number of anilines is 1. The van der Waals surface area contributed by atoms with Crippen molar-refractivity contribution in [1.29, 1.82) is 0 Å². The Kier molecular flexibility index (Phi) is 5.59. The molecule has 0 bridgehead atoms. The van der Waals surface area contributed by atoms with Crippen molar-refractivity contribution in [2.75, 3.05) is 19.0 Å². The van der Waals surface area contributed by atoms with Crippen LogP contribution in [0.2, 0.25) is 0 Å². The number of nitrogens with one attached hydrogen (secondary N) is 2. The minimum atomic E-state index is -0.323. The Morgan fingerprint density at radius 1 is 1.23 bits per heavy atom. The van der Waals surface area contributed by atoms with Gasteiger partial charge in [-0.15, -0.1) is 0 Å². The fourth-order valence-electron chi connectivity index (χ4n) is 1.92. The summed E-state index contributed by atoms with van der Waals surface area (Å²) in [5.41, 5.74) is 1.43. The van der Waals surface area contributed by atoms with Gasteiger partial charge < -0.3 is 20.1 Å². The van der Waals surface area contributed by atoms with Gasteiger partial charge in [0.15, 0.2) is 0 Å². The first-order chi connectivity index (χ1) is 10.7. The molecule has 0 aliphatic heterocycles. The molecule has 22 heavy (non-hydrogen) atoms. The van der Waals surface area contributed by atoms with Gasteiger partial charge in [0.25, 0.3) is 0 Å². The van der Waals surface area contributed by atoms with Crippen LogP contribution in [0.3, 0.4) is 0 Å². The number of carbonyl (C=O) groups excluding carboxylic acids is 1. The van der Waals surface area contributed by atoms with Crippen LogP contribution in [0.5, 0.6) is 11.6 Å². The highest BCUT2D eigenvalue weighted by atomic mass is 16.5. The summed E-state index contributed by atoms with van der Waals surface area (Å²) >= 11 is 0. The molecule has 0 fully saturated rings. The van der Waals surface area contributed by atoms with Crippen LogP contribution in [0.4, 0.5) is 10.5 Å². The monoisotopic (exact) mass is 301 g/mol. The van der Waals surface area contributed by atoms with Gasteiger partial charge >= 0.3 is 6.03 Å². The van der Waals surface area contributed by atoms with Crippen LogP contribution in [-0.4, -0.2) is 24.7 Å². The molecule has 2 aromatic rings. The highest BCUT2D eigenvalue weighted by Crippen LogP contribution is 2.22. The van der Waals surface area contributed by atoms with E-state index in [2.05, 4.69) is 15.6 Å². The SMILES string of the molecule is CCOc1ncccc1CNC(=O)Nc1ccccc1OC. The molecule has 1 aromatic heterocycles. The van der Waals surface area contributed by atoms with Crippen molar-refractivity contribution < 1.29 is 14.3 Å². The summed E-state index contributed by atoms with van der Waals surface area (Å²) in [5.74, 6) is 1.14. The van der Waals surface area contributed by atoms with E-state index in [4.69, 9.17) is 9.47 Å². The molecule has 6 nitrogen and oxygen atoms in total. The maximum Gasteiger partial charge on any atom is 0.319 e. The van der Waals surface area contributed by atoms with Gasteiger partial charge in [-0.1, -0.05) is 18.2 Å². The summed E-state index contributed by atoms with van der Waals surface area (Å²) in [6.45, 7) is 2.74. The van der Waals surface area contributed by atoms with Gasteiger partial charge in [0.1, 0.15) is 5.75 Å². The van der Waals surface area contributed by atoms with Crippen molar-refractivity contribution in [3.05, 3.63) is 48.2 Å². The molecule has 0 saturated heterocycles. The Balaban J connectivity index is 1.96. The molecule has 0 aliphatic carbocycles. The largest absolute Gasteiger partial charge is 0.495 e. The van der Waals surface area contributed by atoms with Gasteiger partial charge in [-0.3, -0.25) is 0 Å². The molecular weight excluding hydrogens is 282 g/mol. The predicted molar refractivity (Wildman–Crippen MR) is 84.3 cm³/mol. The number of pyridine rings is 1. The van der Waals surface area contributed by atoms with Gasteiger partial charge in [0.2, 0.25) is 5.88 Å². The molecule has 0 radical (unpaired) electrons. The number of methoxy groups -OCH3 is 1. The first-order valence-corrected chi connectivity index (χ1v) is 6.99. The molecule has 2 rings (SSSR count). The standard InChI is InChI=1S/C16H19N3O3/c1-3-22-15-12(7-6-10-17-15)11-18-16(20)19-13-8-4-5-9-14(13)21-2/h4-10H,3,11H2,1-2H3,(H2,18,19,20). The number of carbonyl (C=O) groups is 1. The minimum Gasteiger partial charge on any atom is -0.495 e. The third-order valence-electron chi connectivity index (χ3n) is 2.93. The van der Waals surface area contributed by atoms with Crippen molar-refractivity contribution in [3.8, 4) is 11.6 Å². The quantitative estimate of drug-likeness (QED) is 0.860. The molecule has 6 heteroatoms. The summed E-state index contributed by atoms with van der Waals surface area (Å²) in [6, 6.07) is 10.6. The maximum absolute atomic E-state index is 12.0. The van der Waals surface area contributed by atoms with E-state index in [0.29, 0.717) is 30.5 Å². The lowest BCUT2D eigenvalue weighted by Gasteiger charge is -2.12. The highest BCUT2D eigenvalue weighted by Gasteiger charge is 2.08. The topological polar surface area (TPSA) is 72.5 Å². The lowest BCUT2D eigenvalue weighted by atomic mass is 10.2. The van der Waals surface area contributed by atoms with Crippen molar-refractivity contribution in [1.82, 2.24) is 10.3 Å². The Hall–Kier alpha value is -2.76. The first-order valence-electron chi connectivity index (χ1n) is 6.99. The van der Waals surface area contributed by atoms with Crippen LogP contribution >= 0.6 is 0 Å². The fourth-order valence-corrected chi connectivity index (χ4v) is 1.92. The summed E-state index contributed by atoms with van der Waals surface area (Å²) in [5, 5.41) is 5.52. The maximum atomic E-state index is 12.0. The van der Waals surface area contributed by atoms with Crippen LogP contribution in [0.25, 0.3) is 0 Å². The van der Waals surface area contributed by atoms with Crippen molar-refractivity contribution in [2.45, 2.75) is 13.5 Å². The Morgan fingerprint density at radius 2 is 2.05 bits per heavy atom. The number of ether oxygens (including phenoxy) is 2. The molecule has 0 saturated carbocycles. The number of hydrogen-bond donors (Lipinski definition) is 2. The zero-order chi connectivity index (χ0) is 15.8. The second kappa shape index (κ2) is 7.87. The fraction of sp³-hybridized carbons (Fsp3) is 0.250. The molecule has 1 heterocycles. The second-order valence-corrected chi connectivity index (χ2v) is 4.41. The molecule has 0 spiro atoms. The van der Waals surface area contributed by atoms with E-state index in [1.807, 2.05) is 25.1 Å². The summed E-state index contributed by atoms with van der Waals surface area (Å²) in [4.78, 5) is 16.1. The van der Waals surface area contributed by atoms with Gasteiger partial charge in [-0.05, 0) is 25.1 Å². The van der Waals surface area contributed by atoms with E-state index in [1.165, 1.54) is 0 Å². The van der Waals surface area contributed by atoms with Crippen LogP contribution in [0, 0.1) is 0 Å². The van der Waals surface area contributed by atoms with Gasteiger partial charge in [-0.25, -0.2) is 9.78 Å². The summed E-state index contributed by atoms with van der Waals surface area (Å²) in [7, 11) is 1.56. The molecule has 0 atom stereocenters. The number of aromatic nitrogens is 1. The Bertz CT molecular complexity index is 632. The number of benzene rings is 1. The third-order valence-corrected chi connectivity index (χ3v) is 2.93. The van der Waals surface area contributed by atoms with E-state index >= 15 is 0 Å². The van der Waals surface area contributed by atoms with E-state index in [9.17, 15) is 4.79 Å². The lowest BCUT2D eigenvalue weighted by Crippen LogP contribution is -2.28. The van der Waals surface area contributed by atoms with E-state index in [0.717, 1.165) is 5.56 Å². The second-order valence-electron chi connectivity index (χ2n) is 4.41. The zero-order valence-corrected chi connectivity index (χ0v) is 12.6. The average Bonchev–Trinajstić information content (AvgIpc) is 2.55. The van der Waals surface area contributed by atoms with E-state index in [-0.39, 0.29) is 6.03 Å². The average molecular weight is 301 g/mol. The zero-order valence-electron chi connectivity index (χ0n) is 12.6. The highest BCUT2D eigenvalue weighted by molar-refractivity contribution is 5.90. The lowest BCUT2D eigenvalue weighted by molar-refractivity contribution is 0.251. The predicted octanol–water partition coefficient (Wildman–Crippen LogP) is 2.81. The molecular formula is C16H19N3O3. The third kappa shape index (κ3) is 4.12.